The maximum atomic E-state index is 12.8. The van der Waals surface area contributed by atoms with E-state index in [0.717, 1.165) is 4.52 Å². The van der Waals surface area contributed by atoms with E-state index in [9.17, 15) is 18.4 Å². The van der Waals surface area contributed by atoms with Crippen molar-refractivity contribution in [1.82, 2.24) is 19.6 Å². The molecule has 3 rings (SSSR count). The van der Waals surface area contributed by atoms with Crippen molar-refractivity contribution < 1.29 is 13.2 Å². The molecule has 0 aliphatic rings. The molecule has 8 heteroatoms. The zero-order valence-electron chi connectivity index (χ0n) is 11.3. The van der Waals surface area contributed by atoms with E-state index in [1.165, 1.54) is 6.20 Å². The molecule has 0 aliphatic carbocycles. The zero-order chi connectivity index (χ0) is 15.9. The van der Waals surface area contributed by atoms with Gasteiger partial charge in [0.05, 0.1) is 0 Å². The minimum atomic E-state index is -4.67. The molecule has 22 heavy (non-hydrogen) atoms. The van der Waals surface area contributed by atoms with Crippen LogP contribution < -0.4 is 0 Å². The largest absolute Gasteiger partial charge is 0.453 e. The van der Waals surface area contributed by atoms with E-state index in [4.69, 9.17) is 0 Å². The molecule has 3 heterocycles. The van der Waals surface area contributed by atoms with Crippen LogP contribution in [0, 0.1) is 18.3 Å². The van der Waals surface area contributed by atoms with E-state index in [1.807, 2.05) is 6.07 Å². The van der Waals surface area contributed by atoms with Crippen LogP contribution >= 0.6 is 0 Å². The van der Waals surface area contributed by atoms with Crippen molar-refractivity contribution in [3.8, 4) is 17.2 Å². The van der Waals surface area contributed by atoms with Gasteiger partial charge in [-0.05, 0) is 19.1 Å². The molecule has 0 saturated heterocycles. The van der Waals surface area contributed by atoms with Gasteiger partial charge in [0.25, 0.3) is 5.82 Å². The summed E-state index contributed by atoms with van der Waals surface area (Å²) in [5.74, 6) is -1.27. The van der Waals surface area contributed by atoms with Gasteiger partial charge < -0.3 is 0 Å². The van der Waals surface area contributed by atoms with Gasteiger partial charge in [0.1, 0.15) is 11.6 Å². The number of aromatic nitrogens is 4. The van der Waals surface area contributed by atoms with Gasteiger partial charge in [-0.15, -0.1) is 5.10 Å². The molecule has 0 bridgehead atoms. The summed E-state index contributed by atoms with van der Waals surface area (Å²) in [6.07, 6.45) is -1.56. The third kappa shape index (κ3) is 2.16. The van der Waals surface area contributed by atoms with Crippen molar-refractivity contribution in [1.29, 1.82) is 5.26 Å². The smallest absolute Gasteiger partial charge is 0.264 e. The number of nitriles is 1. The predicted octanol–water partition coefficient (Wildman–Crippen LogP) is 2.99. The second-order valence-corrected chi connectivity index (χ2v) is 4.60. The fourth-order valence-electron chi connectivity index (χ4n) is 2.16. The van der Waals surface area contributed by atoms with Crippen molar-refractivity contribution in [2.45, 2.75) is 13.1 Å². The molecule has 0 fully saturated rings. The van der Waals surface area contributed by atoms with Crippen molar-refractivity contribution in [2.24, 2.45) is 0 Å². The quantitative estimate of drug-likeness (QED) is 0.693. The Morgan fingerprint density at radius 2 is 2.09 bits per heavy atom. The minimum Gasteiger partial charge on any atom is -0.264 e. The minimum absolute atomic E-state index is 0.0293. The van der Waals surface area contributed by atoms with E-state index >= 15 is 0 Å². The predicted molar refractivity (Wildman–Crippen MR) is 70.7 cm³/mol. The Labute approximate surface area is 122 Å². The Hall–Kier alpha value is -2.95. The van der Waals surface area contributed by atoms with Gasteiger partial charge in [-0.3, -0.25) is 4.98 Å². The molecule has 0 radical (unpaired) electrons. The molecule has 0 atom stereocenters. The van der Waals surface area contributed by atoms with Crippen LogP contribution in [0.5, 0.6) is 0 Å². The molecular formula is C14H8F3N5. The van der Waals surface area contributed by atoms with Crippen molar-refractivity contribution in [2.75, 3.05) is 0 Å². The first-order valence-electron chi connectivity index (χ1n) is 6.20. The standard InChI is InChI=1S/C14H8F3N5/c1-8-5-10(9-3-2-4-19-7-9)11(6-18)12-20-13(14(15,16)17)21-22(8)12/h2-5,7H,1H3. The van der Waals surface area contributed by atoms with Gasteiger partial charge >= 0.3 is 6.18 Å². The Kier molecular flexibility index (Phi) is 3.06. The van der Waals surface area contributed by atoms with Crippen LogP contribution in [0.25, 0.3) is 16.8 Å². The SMILES string of the molecule is Cc1cc(-c2cccnc2)c(C#N)c2nc(C(F)(F)F)nn12. The highest BCUT2D eigenvalue weighted by atomic mass is 19.4. The molecule has 0 aromatic carbocycles. The van der Waals surface area contributed by atoms with Crippen LogP contribution in [0.1, 0.15) is 17.1 Å². The normalized spacial score (nSPS) is 11.6. The Bertz CT molecular complexity index is 891. The fourth-order valence-corrected chi connectivity index (χ4v) is 2.16. The molecule has 110 valence electrons. The van der Waals surface area contributed by atoms with Crippen molar-refractivity contribution >= 4 is 5.65 Å². The molecule has 0 amide bonds. The molecule has 5 nitrogen and oxygen atoms in total. The molecule has 0 aliphatic heterocycles. The Morgan fingerprint density at radius 3 is 2.68 bits per heavy atom. The lowest BCUT2D eigenvalue weighted by Gasteiger charge is -2.07. The van der Waals surface area contributed by atoms with Gasteiger partial charge in [-0.2, -0.15) is 18.4 Å². The highest BCUT2D eigenvalue weighted by molar-refractivity contribution is 5.77. The number of fused-ring (bicyclic) bond motifs is 1. The van der Waals surface area contributed by atoms with E-state index in [0.29, 0.717) is 16.8 Å². The molecule has 0 spiro atoms. The maximum Gasteiger partial charge on any atom is 0.453 e. The highest BCUT2D eigenvalue weighted by Gasteiger charge is 2.37. The monoisotopic (exact) mass is 303 g/mol. The number of alkyl halides is 3. The average molecular weight is 303 g/mol. The lowest BCUT2D eigenvalue weighted by atomic mass is 10.0. The maximum absolute atomic E-state index is 12.8. The fraction of sp³-hybridized carbons (Fsp3) is 0.143. The van der Waals surface area contributed by atoms with E-state index < -0.39 is 12.0 Å². The second kappa shape index (κ2) is 4.80. The lowest BCUT2D eigenvalue weighted by molar-refractivity contribution is -0.144. The third-order valence-corrected chi connectivity index (χ3v) is 3.13. The van der Waals surface area contributed by atoms with Crippen LogP contribution in [-0.4, -0.2) is 19.6 Å². The van der Waals surface area contributed by atoms with E-state index in [1.54, 1.807) is 31.3 Å². The molecule has 0 saturated carbocycles. The molecule has 3 aromatic heterocycles. The van der Waals surface area contributed by atoms with Gasteiger partial charge in [0.15, 0.2) is 5.65 Å². The molecule has 0 unspecified atom stereocenters. The summed E-state index contributed by atoms with van der Waals surface area (Å²) in [5.41, 5.74) is 1.45. The molecular weight excluding hydrogens is 295 g/mol. The first kappa shape index (κ1) is 14.0. The molecule has 3 aromatic rings. The number of rotatable bonds is 1. The summed E-state index contributed by atoms with van der Waals surface area (Å²) in [5, 5.41) is 12.8. The van der Waals surface area contributed by atoms with Gasteiger partial charge in [0.2, 0.25) is 0 Å². The second-order valence-electron chi connectivity index (χ2n) is 4.60. The lowest BCUT2D eigenvalue weighted by Crippen LogP contribution is -2.07. The van der Waals surface area contributed by atoms with Crippen LogP contribution in [0.2, 0.25) is 0 Å². The number of hydrogen-bond acceptors (Lipinski definition) is 4. The summed E-state index contributed by atoms with van der Waals surface area (Å²) in [7, 11) is 0. The van der Waals surface area contributed by atoms with Crippen molar-refractivity contribution in [3.63, 3.8) is 0 Å². The summed E-state index contributed by atoms with van der Waals surface area (Å²) in [6, 6.07) is 6.91. The van der Waals surface area contributed by atoms with Gasteiger partial charge in [-0.25, -0.2) is 9.50 Å². The van der Waals surface area contributed by atoms with Crippen LogP contribution in [-0.2, 0) is 6.18 Å². The topological polar surface area (TPSA) is 66.9 Å². The summed E-state index contributed by atoms with van der Waals surface area (Å²) in [6.45, 7) is 1.60. The summed E-state index contributed by atoms with van der Waals surface area (Å²) < 4.78 is 39.4. The number of pyridine rings is 2. The Balaban J connectivity index is 2.36. The number of hydrogen-bond donors (Lipinski definition) is 0. The first-order chi connectivity index (χ1) is 10.4. The van der Waals surface area contributed by atoms with Crippen molar-refractivity contribution in [3.05, 3.63) is 47.7 Å². The summed E-state index contributed by atoms with van der Waals surface area (Å²) in [4.78, 5) is 7.44. The van der Waals surface area contributed by atoms with Crippen LogP contribution in [0.4, 0.5) is 13.2 Å². The summed E-state index contributed by atoms with van der Waals surface area (Å²) >= 11 is 0. The number of aryl methyl sites for hydroxylation is 1. The first-order valence-corrected chi connectivity index (χ1v) is 6.20. The van der Waals surface area contributed by atoms with Gasteiger partial charge in [0, 0.05) is 29.2 Å². The van der Waals surface area contributed by atoms with Crippen LogP contribution in [0.15, 0.2) is 30.6 Å². The van der Waals surface area contributed by atoms with Gasteiger partial charge in [-0.1, -0.05) is 6.07 Å². The average Bonchev–Trinajstić information content (AvgIpc) is 2.94. The molecule has 0 N–H and O–H groups in total. The van der Waals surface area contributed by atoms with E-state index in [2.05, 4.69) is 15.1 Å². The highest BCUT2D eigenvalue weighted by Crippen LogP contribution is 2.30. The number of nitrogens with zero attached hydrogens (tertiary/aromatic N) is 5. The third-order valence-electron chi connectivity index (χ3n) is 3.13. The number of halogens is 3. The van der Waals surface area contributed by atoms with Crippen LogP contribution in [0.3, 0.4) is 0 Å². The van der Waals surface area contributed by atoms with E-state index in [-0.39, 0.29) is 11.2 Å². The zero-order valence-corrected chi connectivity index (χ0v) is 11.3. The Morgan fingerprint density at radius 1 is 1.32 bits per heavy atom.